The van der Waals surface area contributed by atoms with Gasteiger partial charge in [-0.2, -0.15) is 0 Å². The van der Waals surface area contributed by atoms with Gasteiger partial charge >= 0.3 is 5.97 Å². The van der Waals surface area contributed by atoms with E-state index in [1.165, 1.54) is 0 Å². The number of esters is 1. The van der Waals surface area contributed by atoms with E-state index in [1.54, 1.807) is 28.9 Å². The van der Waals surface area contributed by atoms with Gasteiger partial charge in [-0.3, -0.25) is 19.2 Å². The van der Waals surface area contributed by atoms with Crippen LogP contribution in [0.4, 0.5) is 5.69 Å². The zero-order valence-electron chi connectivity index (χ0n) is 25.3. The number of carbonyl (C=O) groups excluding carboxylic acids is 4. The molecule has 10 heteroatoms. The molecule has 1 aromatic rings. The number of likely N-dealkylation sites (tertiary alicyclic amines) is 1. The molecule has 0 aromatic heterocycles. The maximum absolute atomic E-state index is 14.7. The molecule has 1 aromatic carbocycles. The second kappa shape index (κ2) is 13.0. The Kier molecular flexibility index (Phi) is 9.36. The van der Waals surface area contributed by atoms with Crippen molar-refractivity contribution in [3.05, 3.63) is 53.6 Å². The predicted octanol–water partition coefficient (Wildman–Crippen LogP) is 2.74. The number of para-hydroxylation sites is 1. The Morgan fingerprint density at radius 1 is 1.02 bits per heavy atom. The Morgan fingerprint density at radius 2 is 1.77 bits per heavy atom. The third-order valence-electron chi connectivity index (χ3n) is 9.05. The number of aliphatic hydroxyl groups excluding tert-OH is 1. The van der Waals surface area contributed by atoms with E-state index in [1.807, 2.05) is 44.2 Å². The van der Waals surface area contributed by atoms with E-state index in [-0.39, 0.29) is 37.3 Å². The number of hydrogen-bond donors (Lipinski definition) is 2. The molecule has 2 fully saturated rings. The lowest BCUT2D eigenvalue weighted by atomic mass is 9.78. The maximum Gasteiger partial charge on any atom is 0.313 e. The average molecular weight is 594 g/mol. The number of unbranched alkanes of at least 4 members (excludes halogenated alkanes) is 3. The molecule has 0 unspecified atom stereocenters. The Balaban J connectivity index is 1.56. The summed E-state index contributed by atoms with van der Waals surface area (Å²) in [5, 5.41) is 12.0. The molecule has 0 aliphatic carbocycles. The van der Waals surface area contributed by atoms with Crippen LogP contribution in [0.25, 0.3) is 0 Å². The molecule has 4 aliphatic heterocycles. The van der Waals surface area contributed by atoms with E-state index < -0.39 is 41.7 Å². The summed E-state index contributed by atoms with van der Waals surface area (Å²) >= 11 is 0. The molecule has 0 saturated carbocycles. The monoisotopic (exact) mass is 593 g/mol. The fraction of sp³-hybridized carbons (Fsp3) is 0.576. The minimum Gasteiger partial charge on any atom is -0.460 e. The lowest BCUT2D eigenvalue weighted by Crippen LogP contribution is -2.55. The number of aryl methyl sites for hydroxylation is 2. The quantitative estimate of drug-likeness (QED) is 0.283. The van der Waals surface area contributed by atoms with Gasteiger partial charge in [-0.25, -0.2) is 0 Å². The number of benzene rings is 1. The van der Waals surface area contributed by atoms with Gasteiger partial charge in [0.1, 0.15) is 23.7 Å². The molecule has 6 atom stereocenters. The maximum atomic E-state index is 14.7. The molecule has 0 bridgehead atoms. The lowest BCUT2D eigenvalue weighted by molar-refractivity contribution is -0.158. The molecule has 2 saturated heterocycles. The van der Waals surface area contributed by atoms with E-state index in [2.05, 4.69) is 5.32 Å². The summed E-state index contributed by atoms with van der Waals surface area (Å²) in [4.78, 5) is 58.4. The third kappa shape index (κ3) is 5.87. The highest BCUT2D eigenvalue weighted by atomic mass is 16.6. The van der Waals surface area contributed by atoms with Gasteiger partial charge in [0, 0.05) is 31.8 Å². The first-order chi connectivity index (χ1) is 20.7. The lowest BCUT2D eigenvalue weighted by Gasteiger charge is -2.36. The van der Waals surface area contributed by atoms with Crippen molar-refractivity contribution in [2.45, 2.75) is 83.1 Å². The molecule has 2 N–H and O–H groups in total. The second-order valence-electron chi connectivity index (χ2n) is 12.1. The Hall–Kier alpha value is -3.50. The third-order valence-corrected chi connectivity index (χ3v) is 9.05. The number of ether oxygens (including phenoxy) is 2. The van der Waals surface area contributed by atoms with Gasteiger partial charge in [-0.05, 0) is 51.2 Å². The molecule has 1 spiro atoms. The molecular weight excluding hydrogens is 550 g/mol. The molecule has 4 aliphatic rings. The highest BCUT2D eigenvalue weighted by Crippen LogP contribution is 2.53. The minimum absolute atomic E-state index is 0.110. The van der Waals surface area contributed by atoms with Crippen LogP contribution in [0.3, 0.4) is 0 Å². The molecule has 4 heterocycles. The summed E-state index contributed by atoms with van der Waals surface area (Å²) < 4.78 is 12.5. The van der Waals surface area contributed by atoms with E-state index in [4.69, 9.17) is 9.47 Å². The topological polar surface area (TPSA) is 125 Å². The van der Waals surface area contributed by atoms with Gasteiger partial charge in [0.05, 0.1) is 18.6 Å². The zero-order valence-corrected chi connectivity index (χ0v) is 25.3. The largest absolute Gasteiger partial charge is 0.460 e. The second-order valence-corrected chi connectivity index (χ2v) is 12.1. The van der Waals surface area contributed by atoms with Crippen LogP contribution in [0.2, 0.25) is 0 Å². The first-order valence-electron chi connectivity index (χ1n) is 15.5. The van der Waals surface area contributed by atoms with Crippen molar-refractivity contribution >= 4 is 29.4 Å². The molecule has 3 amide bonds. The van der Waals surface area contributed by atoms with Gasteiger partial charge < -0.3 is 29.7 Å². The average Bonchev–Trinajstić information content (AvgIpc) is 3.35. The van der Waals surface area contributed by atoms with Crippen LogP contribution in [0, 0.1) is 25.7 Å². The van der Waals surface area contributed by atoms with Crippen molar-refractivity contribution in [3.8, 4) is 0 Å². The van der Waals surface area contributed by atoms with Crippen molar-refractivity contribution in [2.75, 3.05) is 31.1 Å². The van der Waals surface area contributed by atoms with Crippen LogP contribution in [0.15, 0.2) is 42.5 Å². The summed E-state index contributed by atoms with van der Waals surface area (Å²) in [6.45, 7) is 6.55. The van der Waals surface area contributed by atoms with Crippen LogP contribution in [0.5, 0.6) is 0 Å². The molecule has 5 rings (SSSR count). The summed E-state index contributed by atoms with van der Waals surface area (Å²) in [7, 11) is 0. The molecule has 43 heavy (non-hydrogen) atoms. The van der Waals surface area contributed by atoms with Crippen molar-refractivity contribution < 1.29 is 33.8 Å². The number of amides is 3. The van der Waals surface area contributed by atoms with Gasteiger partial charge in [-0.15, -0.1) is 0 Å². The van der Waals surface area contributed by atoms with Crippen LogP contribution in [0.1, 0.15) is 56.6 Å². The van der Waals surface area contributed by atoms with Crippen LogP contribution >= 0.6 is 0 Å². The van der Waals surface area contributed by atoms with Crippen LogP contribution in [-0.4, -0.2) is 83.8 Å². The number of allylic oxidation sites excluding steroid dienone is 1. The van der Waals surface area contributed by atoms with Crippen LogP contribution < -0.4 is 10.2 Å². The number of anilines is 1. The Bertz CT molecular complexity index is 1290. The predicted molar refractivity (Wildman–Crippen MR) is 160 cm³/mol. The number of aliphatic hydroxyl groups is 1. The number of cyclic esters (lactones) is 1. The number of nitrogens with zero attached hydrogens (tertiary/aromatic N) is 2. The molecular formula is C33H43N3O7. The van der Waals surface area contributed by atoms with Crippen molar-refractivity contribution in [2.24, 2.45) is 11.8 Å². The number of rotatable bonds is 7. The van der Waals surface area contributed by atoms with Gasteiger partial charge in [0.2, 0.25) is 11.8 Å². The van der Waals surface area contributed by atoms with E-state index in [0.29, 0.717) is 32.4 Å². The van der Waals surface area contributed by atoms with E-state index in [0.717, 1.165) is 29.7 Å². The zero-order chi connectivity index (χ0) is 30.7. The minimum atomic E-state index is -1.36. The van der Waals surface area contributed by atoms with Crippen molar-refractivity contribution in [1.29, 1.82) is 0 Å². The normalized spacial score (nSPS) is 31.8. The molecule has 0 radical (unpaired) electrons. The Morgan fingerprint density at radius 3 is 2.51 bits per heavy atom. The summed E-state index contributed by atoms with van der Waals surface area (Å²) in [5.41, 5.74) is 1.35. The molecule has 10 nitrogen and oxygen atoms in total. The van der Waals surface area contributed by atoms with Gasteiger partial charge in [0.25, 0.3) is 5.91 Å². The first kappa shape index (κ1) is 30.9. The highest BCUT2D eigenvalue weighted by Gasteiger charge is 2.71. The van der Waals surface area contributed by atoms with Crippen molar-refractivity contribution in [3.63, 3.8) is 0 Å². The Labute approximate surface area is 253 Å². The summed E-state index contributed by atoms with van der Waals surface area (Å²) in [6.07, 6.45) is 9.52. The summed E-state index contributed by atoms with van der Waals surface area (Å²) in [6, 6.07) is 4.92. The standard InChI is InChI=1S/C33H43N3O7/c1-21-12-10-13-22(2)28(21)35-18-11-16-33-27(30(39)36(29(33)31(35)40)17-8-4-5-9-19-37)26-24(43-33)14-6-7-15-25(38)34-20-23(3)42-32(26)41/h6,10-14,16,23-24,26-27,29,37H,4-5,7-9,15,17-20H2,1-3H3,(H,34,38)/b14-6-/t23-,24-,26+,27+,29-,33+/m1/s1. The van der Waals surface area contributed by atoms with E-state index in [9.17, 15) is 24.3 Å². The molecule has 232 valence electrons. The first-order valence-corrected chi connectivity index (χ1v) is 15.5. The number of fused-ring (bicyclic) bond motifs is 2. The highest BCUT2D eigenvalue weighted by molar-refractivity contribution is 6.06. The number of carbonyl (C=O) groups is 4. The smallest absolute Gasteiger partial charge is 0.313 e. The number of hydrogen-bond acceptors (Lipinski definition) is 7. The number of nitrogens with one attached hydrogen (secondary N) is 1. The fourth-order valence-electron chi connectivity index (χ4n) is 7.08. The van der Waals surface area contributed by atoms with Gasteiger partial charge in [0.15, 0.2) is 0 Å². The SMILES string of the molecule is Cc1cccc(C)c1N1CC=C[C@]23O[C@@H]4/C=C\CCC(=O)NC[C@@H](C)OC(=O)[C@@H]4[C@H]2C(=O)N(CCCCCCO)[C@@H]3C1=O. The van der Waals surface area contributed by atoms with E-state index >= 15 is 0 Å². The van der Waals surface area contributed by atoms with Crippen LogP contribution in [-0.2, 0) is 28.7 Å². The fourth-order valence-corrected chi connectivity index (χ4v) is 7.08. The summed E-state index contributed by atoms with van der Waals surface area (Å²) in [5.74, 6) is -3.15. The van der Waals surface area contributed by atoms with Crippen molar-refractivity contribution in [1.82, 2.24) is 10.2 Å². The van der Waals surface area contributed by atoms with Gasteiger partial charge in [-0.1, -0.05) is 55.3 Å².